The van der Waals surface area contributed by atoms with Gasteiger partial charge >= 0.3 is 5.97 Å². The summed E-state index contributed by atoms with van der Waals surface area (Å²) >= 11 is 0. The van der Waals surface area contributed by atoms with Gasteiger partial charge in [0.05, 0.1) is 18.8 Å². The molecule has 14 heteroatoms. The van der Waals surface area contributed by atoms with Gasteiger partial charge in [0, 0.05) is 18.3 Å². The van der Waals surface area contributed by atoms with Crippen LogP contribution in [0.3, 0.4) is 0 Å². The topological polar surface area (TPSA) is 248 Å². The number of aliphatic carboxylic acids is 1. The lowest BCUT2D eigenvalue weighted by Gasteiger charge is -2.26. The van der Waals surface area contributed by atoms with Crippen LogP contribution in [-0.2, 0) is 30.4 Å². The van der Waals surface area contributed by atoms with Crippen molar-refractivity contribution in [2.75, 3.05) is 6.54 Å². The predicted octanol–water partition coefficient (Wildman–Crippen LogP) is -2.13. The van der Waals surface area contributed by atoms with Crippen LogP contribution in [0, 0.1) is 5.92 Å². The Morgan fingerprint density at radius 2 is 1.69 bits per heavy atom. The second kappa shape index (κ2) is 15.5. The minimum atomic E-state index is -1.39. The highest BCUT2D eigenvalue weighted by atomic mass is 16.4. The highest BCUT2D eigenvalue weighted by Gasteiger charge is 2.32. The van der Waals surface area contributed by atoms with Crippen LogP contribution < -0.4 is 33.2 Å². The highest BCUT2D eigenvalue weighted by Crippen LogP contribution is 2.10. The second-order valence-electron chi connectivity index (χ2n) is 8.67. The maximum atomic E-state index is 13.0. The summed E-state index contributed by atoms with van der Waals surface area (Å²) in [7, 11) is 0. The van der Waals surface area contributed by atoms with E-state index in [-0.39, 0.29) is 12.3 Å². The first-order valence-corrected chi connectivity index (χ1v) is 11.8. The van der Waals surface area contributed by atoms with Gasteiger partial charge in [-0.1, -0.05) is 26.7 Å². The Balaban J connectivity index is 3.04. The summed E-state index contributed by atoms with van der Waals surface area (Å²) in [6.45, 7) is 3.91. The van der Waals surface area contributed by atoms with Gasteiger partial charge in [0.2, 0.25) is 23.6 Å². The van der Waals surface area contributed by atoms with Gasteiger partial charge < -0.3 is 43.2 Å². The molecule has 0 spiro atoms. The fourth-order valence-corrected chi connectivity index (χ4v) is 3.36. The second-order valence-corrected chi connectivity index (χ2v) is 8.67. The van der Waals surface area contributed by atoms with Crippen LogP contribution in [0.2, 0.25) is 0 Å². The van der Waals surface area contributed by atoms with E-state index < -0.39 is 60.2 Å². The molecule has 0 aliphatic carbocycles. The first kappa shape index (κ1) is 30.5. The number of hydrogen-bond donors (Lipinski definition) is 8. The SMILES string of the molecule is CCC(C)C(NC(=O)C(Cc1cnc[nH]1)NC(=O)C(CC(N)=O)NC(=O)C(N)CCCCN)C(=O)O. The summed E-state index contributed by atoms with van der Waals surface area (Å²) in [5.74, 6) is -4.72. The maximum Gasteiger partial charge on any atom is 0.326 e. The summed E-state index contributed by atoms with van der Waals surface area (Å²) in [5, 5.41) is 16.9. The molecule has 0 bridgehead atoms. The summed E-state index contributed by atoms with van der Waals surface area (Å²) < 4.78 is 0. The van der Waals surface area contributed by atoms with E-state index in [2.05, 4.69) is 25.9 Å². The summed E-state index contributed by atoms with van der Waals surface area (Å²) in [4.78, 5) is 68.5. The normalized spacial score (nSPS) is 15.1. The Morgan fingerprint density at radius 3 is 2.22 bits per heavy atom. The quantitative estimate of drug-likeness (QED) is 0.106. The molecule has 0 aromatic carbocycles. The molecule has 0 saturated heterocycles. The fraction of sp³-hybridized carbons (Fsp3) is 0.636. The average Bonchev–Trinajstić information content (AvgIpc) is 3.33. The summed E-state index contributed by atoms with van der Waals surface area (Å²) in [6, 6.07) is -4.75. The van der Waals surface area contributed by atoms with E-state index in [9.17, 15) is 29.1 Å². The van der Waals surface area contributed by atoms with Crippen LogP contribution in [0.1, 0.15) is 51.6 Å². The minimum Gasteiger partial charge on any atom is -0.480 e. The summed E-state index contributed by atoms with van der Waals surface area (Å²) in [5.41, 5.74) is 17.1. The highest BCUT2D eigenvalue weighted by molar-refractivity contribution is 5.96. The van der Waals surface area contributed by atoms with Crippen LogP contribution >= 0.6 is 0 Å². The van der Waals surface area contributed by atoms with Crippen molar-refractivity contribution in [2.24, 2.45) is 23.1 Å². The van der Waals surface area contributed by atoms with Crippen molar-refractivity contribution in [1.82, 2.24) is 25.9 Å². The molecule has 202 valence electrons. The zero-order chi connectivity index (χ0) is 27.3. The molecule has 0 radical (unpaired) electrons. The lowest BCUT2D eigenvalue weighted by Crippen LogP contribution is -2.58. The number of aromatic nitrogens is 2. The van der Waals surface area contributed by atoms with Gasteiger partial charge in [0.1, 0.15) is 18.1 Å². The van der Waals surface area contributed by atoms with E-state index in [0.29, 0.717) is 37.9 Å². The molecule has 1 rings (SSSR count). The molecule has 36 heavy (non-hydrogen) atoms. The number of nitrogens with one attached hydrogen (secondary N) is 4. The van der Waals surface area contributed by atoms with Crippen LogP contribution in [0.4, 0.5) is 0 Å². The molecule has 5 atom stereocenters. The Bertz CT molecular complexity index is 878. The Morgan fingerprint density at radius 1 is 1.06 bits per heavy atom. The monoisotopic (exact) mass is 510 g/mol. The van der Waals surface area contributed by atoms with E-state index in [4.69, 9.17) is 17.2 Å². The van der Waals surface area contributed by atoms with Gasteiger partial charge in [-0.3, -0.25) is 19.2 Å². The van der Waals surface area contributed by atoms with Crippen molar-refractivity contribution in [1.29, 1.82) is 0 Å². The number of carbonyl (C=O) groups excluding carboxylic acids is 4. The molecule has 4 amide bonds. The lowest BCUT2D eigenvalue weighted by molar-refractivity contribution is -0.144. The van der Waals surface area contributed by atoms with Crippen molar-refractivity contribution in [3.05, 3.63) is 18.2 Å². The van der Waals surface area contributed by atoms with Crippen molar-refractivity contribution in [3.8, 4) is 0 Å². The zero-order valence-corrected chi connectivity index (χ0v) is 20.7. The Kier molecular flexibility index (Phi) is 13.1. The number of imidazole rings is 1. The molecule has 1 aromatic rings. The van der Waals surface area contributed by atoms with E-state index in [0.717, 1.165) is 0 Å². The molecular weight excluding hydrogens is 472 g/mol. The first-order valence-electron chi connectivity index (χ1n) is 11.8. The molecule has 0 fully saturated rings. The van der Waals surface area contributed by atoms with Gasteiger partial charge in [-0.25, -0.2) is 9.78 Å². The van der Waals surface area contributed by atoms with Gasteiger partial charge in [0.15, 0.2) is 0 Å². The van der Waals surface area contributed by atoms with Gasteiger partial charge in [-0.15, -0.1) is 0 Å². The van der Waals surface area contributed by atoms with Gasteiger partial charge in [-0.2, -0.15) is 0 Å². The number of nitrogens with zero attached hydrogens (tertiary/aromatic N) is 1. The maximum absolute atomic E-state index is 13.0. The van der Waals surface area contributed by atoms with E-state index in [1.165, 1.54) is 12.5 Å². The molecule has 1 heterocycles. The molecule has 5 unspecified atom stereocenters. The number of carboxylic acids is 1. The van der Waals surface area contributed by atoms with Gasteiger partial charge in [0.25, 0.3) is 0 Å². The number of amides is 4. The summed E-state index contributed by atoms with van der Waals surface area (Å²) in [6.07, 6.45) is 4.33. The number of unbranched alkanes of at least 4 members (excludes halogenated alkanes) is 1. The number of nitrogens with two attached hydrogens (primary N) is 3. The van der Waals surface area contributed by atoms with E-state index in [1.54, 1.807) is 13.8 Å². The number of aromatic amines is 1. The molecule has 1 aromatic heterocycles. The van der Waals surface area contributed by atoms with Crippen LogP contribution in [0.25, 0.3) is 0 Å². The molecule has 0 aliphatic heterocycles. The van der Waals surface area contributed by atoms with E-state index in [1.807, 2.05) is 0 Å². The Labute approximate surface area is 209 Å². The number of carbonyl (C=O) groups is 5. The number of H-pyrrole nitrogens is 1. The zero-order valence-electron chi connectivity index (χ0n) is 20.7. The standard InChI is InChI=1S/C22H38N8O6/c1-3-12(2)18(22(35)36)30-21(34)15(8-13-10-26-11-27-13)29-20(33)16(9-17(25)31)28-19(32)14(24)6-4-5-7-23/h10-12,14-16,18H,3-9,23-24H2,1-2H3,(H2,25,31)(H,26,27)(H,28,32)(H,29,33)(H,30,34)(H,35,36). The largest absolute Gasteiger partial charge is 0.480 e. The van der Waals surface area contributed by atoms with Gasteiger partial charge in [-0.05, 0) is 25.3 Å². The molecule has 0 aliphatic rings. The number of primary amides is 1. The predicted molar refractivity (Wildman–Crippen MR) is 130 cm³/mol. The van der Waals surface area contributed by atoms with Crippen molar-refractivity contribution < 1.29 is 29.1 Å². The van der Waals surface area contributed by atoms with Crippen molar-refractivity contribution in [2.45, 2.75) is 76.5 Å². The smallest absolute Gasteiger partial charge is 0.326 e. The molecule has 14 nitrogen and oxygen atoms in total. The van der Waals surface area contributed by atoms with Crippen LogP contribution in [0.5, 0.6) is 0 Å². The lowest BCUT2D eigenvalue weighted by atomic mass is 9.98. The van der Waals surface area contributed by atoms with Crippen LogP contribution in [0.15, 0.2) is 12.5 Å². The Hall–Kier alpha value is -3.52. The molecule has 11 N–H and O–H groups in total. The minimum absolute atomic E-state index is 0.0553. The fourth-order valence-electron chi connectivity index (χ4n) is 3.36. The van der Waals surface area contributed by atoms with E-state index >= 15 is 0 Å². The van der Waals surface area contributed by atoms with Crippen molar-refractivity contribution >= 4 is 29.6 Å². The molecule has 0 saturated carbocycles. The molecular formula is C22H38N8O6. The number of rotatable bonds is 17. The first-order chi connectivity index (χ1) is 17.0. The third-order valence-corrected chi connectivity index (χ3v) is 5.73. The van der Waals surface area contributed by atoms with Crippen molar-refractivity contribution in [3.63, 3.8) is 0 Å². The third kappa shape index (κ3) is 10.4. The number of hydrogen-bond acceptors (Lipinski definition) is 8. The average molecular weight is 511 g/mol. The third-order valence-electron chi connectivity index (χ3n) is 5.73. The van der Waals surface area contributed by atoms with Crippen LogP contribution in [-0.4, -0.2) is 75.4 Å². The number of carboxylic acid groups (broad SMARTS) is 1.